The molecule has 0 fully saturated rings. The van der Waals surface area contributed by atoms with Crippen LogP contribution >= 0.6 is 23.2 Å². The summed E-state index contributed by atoms with van der Waals surface area (Å²) in [6, 6.07) is 7.86. The van der Waals surface area contributed by atoms with E-state index in [-0.39, 0.29) is 0 Å². The van der Waals surface area contributed by atoms with E-state index in [1.54, 1.807) is 12.4 Å². The second-order valence-electron chi connectivity index (χ2n) is 4.31. The van der Waals surface area contributed by atoms with E-state index >= 15 is 0 Å². The molecule has 2 heterocycles. The molecule has 0 aliphatic heterocycles. The predicted molar refractivity (Wildman–Crippen MR) is 79.8 cm³/mol. The largest absolute Gasteiger partial charge is 0.342 e. The van der Waals surface area contributed by atoms with Gasteiger partial charge in [-0.1, -0.05) is 53.0 Å². The number of H-pyrrole nitrogens is 1. The summed E-state index contributed by atoms with van der Waals surface area (Å²) in [5, 5.41) is 0.612. The molecule has 3 aromatic rings. The number of nitrogens with one attached hydrogen (secondary N) is 1. The number of nitrogens with zero attached hydrogens (tertiary/aromatic N) is 3. The van der Waals surface area contributed by atoms with Gasteiger partial charge >= 0.3 is 0 Å². The van der Waals surface area contributed by atoms with Crippen LogP contribution in [-0.4, -0.2) is 19.9 Å². The molecule has 0 bridgehead atoms. The van der Waals surface area contributed by atoms with Crippen LogP contribution in [0.15, 0.2) is 36.7 Å². The van der Waals surface area contributed by atoms with Gasteiger partial charge in [-0.2, -0.15) is 0 Å². The zero-order chi connectivity index (χ0) is 14.1. The molecule has 0 amide bonds. The van der Waals surface area contributed by atoms with E-state index < -0.39 is 0 Å². The molecule has 0 aliphatic rings. The molecular formula is C14H10Cl2N4. The van der Waals surface area contributed by atoms with Crippen molar-refractivity contribution in [2.24, 2.45) is 0 Å². The van der Waals surface area contributed by atoms with Crippen LogP contribution in [0, 0.1) is 6.92 Å². The first kappa shape index (κ1) is 13.1. The first-order valence-corrected chi connectivity index (χ1v) is 6.70. The van der Waals surface area contributed by atoms with E-state index in [9.17, 15) is 0 Å². The van der Waals surface area contributed by atoms with E-state index in [4.69, 9.17) is 23.2 Å². The number of halogens is 2. The minimum Gasteiger partial charge on any atom is -0.342 e. The predicted octanol–water partition coefficient (Wildman–Crippen LogP) is 4.15. The topological polar surface area (TPSA) is 54.5 Å². The lowest BCUT2D eigenvalue weighted by Crippen LogP contribution is -1.95. The molecule has 3 rings (SSSR count). The van der Waals surface area contributed by atoms with E-state index in [0.29, 0.717) is 27.5 Å². The smallest absolute Gasteiger partial charge is 0.198 e. The summed E-state index contributed by atoms with van der Waals surface area (Å²) in [5.41, 5.74) is 2.68. The maximum Gasteiger partial charge on any atom is 0.198 e. The van der Waals surface area contributed by atoms with Crippen LogP contribution in [0.2, 0.25) is 10.3 Å². The highest BCUT2D eigenvalue weighted by Gasteiger charge is 2.15. The Morgan fingerprint density at radius 3 is 2.20 bits per heavy atom. The summed E-state index contributed by atoms with van der Waals surface area (Å²) in [6.07, 6.45) is 3.31. The Labute approximate surface area is 125 Å². The molecule has 0 saturated heterocycles. The Morgan fingerprint density at radius 1 is 1.00 bits per heavy atom. The number of imidazole rings is 1. The number of aromatic amines is 1. The summed E-state index contributed by atoms with van der Waals surface area (Å²) in [4.78, 5) is 15.5. The van der Waals surface area contributed by atoms with Gasteiger partial charge < -0.3 is 4.98 Å². The molecular weight excluding hydrogens is 295 g/mol. The second kappa shape index (κ2) is 5.23. The number of hydrogen-bond acceptors (Lipinski definition) is 3. The third-order valence-electron chi connectivity index (χ3n) is 2.87. The van der Waals surface area contributed by atoms with Crippen LogP contribution in [0.3, 0.4) is 0 Å². The Kier molecular flexibility index (Phi) is 3.42. The Balaban J connectivity index is 2.11. The molecule has 0 saturated carbocycles. The van der Waals surface area contributed by atoms with E-state index in [0.717, 1.165) is 11.1 Å². The van der Waals surface area contributed by atoms with Crippen molar-refractivity contribution in [2.45, 2.75) is 6.92 Å². The fourth-order valence-corrected chi connectivity index (χ4v) is 2.47. The highest BCUT2D eigenvalue weighted by molar-refractivity contribution is 6.37. The normalized spacial score (nSPS) is 10.8. The summed E-state index contributed by atoms with van der Waals surface area (Å²) < 4.78 is 0. The van der Waals surface area contributed by atoms with Crippen molar-refractivity contribution in [3.8, 4) is 22.8 Å². The highest BCUT2D eigenvalue weighted by atomic mass is 35.5. The molecule has 0 aliphatic carbocycles. The van der Waals surface area contributed by atoms with Gasteiger partial charge in [0.2, 0.25) is 0 Å². The van der Waals surface area contributed by atoms with Crippen LogP contribution in [0.1, 0.15) is 5.56 Å². The summed E-state index contributed by atoms with van der Waals surface area (Å²) in [5.74, 6) is 0.908. The van der Waals surface area contributed by atoms with Crippen molar-refractivity contribution < 1.29 is 0 Å². The molecule has 20 heavy (non-hydrogen) atoms. The summed E-state index contributed by atoms with van der Waals surface area (Å²) in [6.45, 7) is 2.02. The Bertz CT molecular complexity index is 713. The lowest BCUT2D eigenvalue weighted by atomic mass is 10.1. The fraction of sp³-hybridized carbons (Fsp3) is 0.0714. The number of benzene rings is 1. The third kappa shape index (κ3) is 2.40. The van der Waals surface area contributed by atoms with Gasteiger partial charge in [-0.05, 0) is 12.5 Å². The molecule has 4 nitrogen and oxygen atoms in total. The third-order valence-corrected chi connectivity index (χ3v) is 3.42. The van der Waals surface area contributed by atoms with Gasteiger partial charge in [0.15, 0.2) is 11.6 Å². The molecule has 1 N–H and O–H groups in total. The number of rotatable bonds is 2. The minimum atomic E-state index is 0.306. The number of hydrogen-bond donors (Lipinski definition) is 1. The van der Waals surface area contributed by atoms with Crippen molar-refractivity contribution in [3.05, 3.63) is 52.5 Å². The molecule has 100 valence electrons. The highest BCUT2D eigenvalue weighted by Crippen LogP contribution is 2.33. The molecule has 6 heteroatoms. The van der Waals surface area contributed by atoms with Crippen molar-refractivity contribution in [1.82, 2.24) is 19.9 Å². The maximum atomic E-state index is 6.25. The monoisotopic (exact) mass is 304 g/mol. The molecule has 0 spiro atoms. The molecule has 0 radical (unpaired) electrons. The van der Waals surface area contributed by atoms with Crippen LogP contribution in [-0.2, 0) is 0 Å². The molecule has 2 aromatic heterocycles. The number of aromatic nitrogens is 4. The van der Waals surface area contributed by atoms with E-state index in [1.165, 1.54) is 0 Å². The lowest BCUT2D eigenvalue weighted by molar-refractivity contribution is 1.12. The van der Waals surface area contributed by atoms with Crippen molar-refractivity contribution >= 4 is 23.2 Å². The Hall–Kier alpha value is -1.91. The second-order valence-corrected chi connectivity index (χ2v) is 5.02. The van der Waals surface area contributed by atoms with Gasteiger partial charge in [-0.15, -0.1) is 0 Å². The van der Waals surface area contributed by atoms with Gasteiger partial charge in [0, 0.05) is 12.4 Å². The van der Waals surface area contributed by atoms with E-state index in [1.807, 2.05) is 31.2 Å². The summed E-state index contributed by atoms with van der Waals surface area (Å²) in [7, 11) is 0. The molecule has 1 aromatic carbocycles. The van der Waals surface area contributed by atoms with Gasteiger partial charge in [0.25, 0.3) is 0 Å². The van der Waals surface area contributed by atoms with Gasteiger partial charge in [0.1, 0.15) is 10.3 Å². The van der Waals surface area contributed by atoms with Crippen LogP contribution in [0.5, 0.6) is 0 Å². The van der Waals surface area contributed by atoms with Crippen LogP contribution in [0.25, 0.3) is 22.8 Å². The average molecular weight is 305 g/mol. The van der Waals surface area contributed by atoms with Crippen molar-refractivity contribution in [2.75, 3.05) is 0 Å². The summed E-state index contributed by atoms with van der Waals surface area (Å²) >= 11 is 12.5. The van der Waals surface area contributed by atoms with Gasteiger partial charge in [-0.25, -0.2) is 15.0 Å². The van der Waals surface area contributed by atoms with Crippen LogP contribution in [0.4, 0.5) is 0 Å². The van der Waals surface area contributed by atoms with E-state index in [2.05, 4.69) is 19.9 Å². The minimum absolute atomic E-state index is 0.306. The molecule has 0 unspecified atom stereocenters. The van der Waals surface area contributed by atoms with Gasteiger partial charge in [0.05, 0.1) is 5.56 Å². The van der Waals surface area contributed by atoms with Gasteiger partial charge in [-0.3, -0.25) is 0 Å². The number of aryl methyl sites for hydroxylation is 1. The van der Waals surface area contributed by atoms with Crippen LogP contribution < -0.4 is 0 Å². The Morgan fingerprint density at radius 2 is 1.65 bits per heavy atom. The fourth-order valence-electron chi connectivity index (χ4n) is 1.86. The van der Waals surface area contributed by atoms with Crippen molar-refractivity contribution in [1.29, 1.82) is 0 Å². The lowest BCUT2D eigenvalue weighted by Gasteiger charge is -2.08. The molecule has 0 atom stereocenters. The standard InChI is InChI=1S/C14H10Cl2N4/c1-8-2-4-9(5-3-8)10-11(15)19-14(20-12(10)16)13-17-6-7-18-13/h2-7H,1H3,(H,17,18). The first-order valence-electron chi connectivity index (χ1n) is 5.95. The zero-order valence-corrected chi connectivity index (χ0v) is 12.1. The maximum absolute atomic E-state index is 6.25. The first-order chi connectivity index (χ1) is 9.65. The quantitative estimate of drug-likeness (QED) is 0.724. The van der Waals surface area contributed by atoms with Crippen molar-refractivity contribution in [3.63, 3.8) is 0 Å². The zero-order valence-electron chi connectivity index (χ0n) is 10.6. The average Bonchev–Trinajstić information content (AvgIpc) is 2.94. The SMILES string of the molecule is Cc1ccc(-c2c(Cl)nc(-c3ncc[nH]3)nc2Cl)cc1.